The van der Waals surface area contributed by atoms with Gasteiger partial charge in [-0.25, -0.2) is 0 Å². The largest absolute Gasteiger partial charge is 0.358 e. The van der Waals surface area contributed by atoms with Crippen LogP contribution in [-0.4, -0.2) is 43.8 Å². The summed E-state index contributed by atoms with van der Waals surface area (Å²) in [5.74, 6) is -0.0687. The highest BCUT2D eigenvalue weighted by Gasteiger charge is 2.21. The molecule has 0 spiro atoms. The van der Waals surface area contributed by atoms with E-state index in [0.29, 0.717) is 19.4 Å². The number of likely N-dealkylation sites (N-methyl/N-ethyl adjacent to an activating group) is 2. The maximum Gasteiger partial charge on any atom is 0.237 e. The second kappa shape index (κ2) is 8.70. The van der Waals surface area contributed by atoms with Crippen LogP contribution in [0.5, 0.6) is 0 Å². The van der Waals surface area contributed by atoms with Crippen molar-refractivity contribution in [3.63, 3.8) is 0 Å². The van der Waals surface area contributed by atoms with Crippen LogP contribution in [0.2, 0.25) is 0 Å². The van der Waals surface area contributed by atoms with Crippen LogP contribution in [0.3, 0.4) is 0 Å². The highest BCUT2D eigenvalue weighted by Crippen LogP contribution is 2.09. The number of rotatable bonds is 9. The fraction of sp³-hybridized carbons (Fsp3) is 0.538. The Morgan fingerprint density at radius 1 is 1.53 bits per heavy atom. The van der Waals surface area contributed by atoms with Gasteiger partial charge in [0.15, 0.2) is 0 Å². The van der Waals surface area contributed by atoms with E-state index >= 15 is 0 Å². The molecule has 0 aromatic rings. The molecule has 0 radical (unpaired) electrons. The first-order chi connectivity index (χ1) is 8.06. The molecular weight excluding hydrogens is 216 g/mol. The van der Waals surface area contributed by atoms with Crippen LogP contribution in [0.25, 0.3) is 0 Å². The maximum absolute atomic E-state index is 11.7. The molecule has 1 amide bonds. The first-order valence-corrected chi connectivity index (χ1v) is 5.69. The molecule has 1 unspecified atom stereocenters. The average Bonchev–Trinajstić information content (AvgIpc) is 2.29. The van der Waals surface area contributed by atoms with Gasteiger partial charge in [-0.15, -0.1) is 6.58 Å². The van der Waals surface area contributed by atoms with Gasteiger partial charge >= 0.3 is 0 Å². The van der Waals surface area contributed by atoms with E-state index < -0.39 is 0 Å². The van der Waals surface area contributed by atoms with E-state index in [1.54, 1.807) is 13.1 Å². The molecule has 96 valence electrons. The smallest absolute Gasteiger partial charge is 0.237 e. The quantitative estimate of drug-likeness (QED) is 0.484. The predicted octanol–water partition coefficient (Wildman–Crippen LogP) is 1.14. The maximum atomic E-state index is 11.7. The van der Waals surface area contributed by atoms with Gasteiger partial charge in [-0.3, -0.25) is 9.69 Å². The minimum absolute atomic E-state index is 0.0687. The van der Waals surface area contributed by atoms with E-state index in [1.807, 2.05) is 11.9 Å². The number of nitrogens with one attached hydrogen (secondary N) is 1. The number of hydrogen-bond donors (Lipinski definition) is 1. The fourth-order valence-electron chi connectivity index (χ4n) is 1.68. The lowest BCUT2D eigenvalue weighted by atomic mass is 10.1. The van der Waals surface area contributed by atoms with Gasteiger partial charge in [-0.05, 0) is 19.9 Å². The Hall–Kier alpha value is -1.42. The first kappa shape index (κ1) is 15.6. The van der Waals surface area contributed by atoms with Gasteiger partial charge in [-0.2, -0.15) is 0 Å². The molecule has 0 aromatic carbocycles. The third-order valence-electron chi connectivity index (χ3n) is 2.55. The number of carbonyl (C=O) groups excluding carboxylic acids is 2. The number of aldehydes is 1. The van der Waals surface area contributed by atoms with Crippen LogP contribution in [0, 0.1) is 0 Å². The summed E-state index contributed by atoms with van der Waals surface area (Å²) in [6.07, 6.45) is 4.27. The molecule has 0 aliphatic heterocycles. The van der Waals surface area contributed by atoms with Crippen molar-refractivity contribution in [3.05, 3.63) is 24.8 Å². The van der Waals surface area contributed by atoms with Crippen molar-refractivity contribution in [3.8, 4) is 0 Å². The van der Waals surface area contributed by atoms with Crippen LogP contribution in [0.1, 0.15) is 19.3 Å². The van der Waals surface area contributed by atoms with Gasteiger partial charge in [0.1, 0.15) is 6.29 Å². The second-order valence-electron chi connectivity index (χ2n) is 4.03. The Morgan fingerprint density at radius 2 is 2.18 bits per heavy atom. The number of amides is 1. The summed E-state index contributed by atoms with van der Waals surface area (Å²) < 4.78 is 0. The van der Waals surface area contributed by atoms with Crippen LogP contribution in [0.15, 0.2) is 24.8 Å². The van der Waals surface area contributed by atoms with E-state index in [9.17, 15) is 9.59 Å². The molecule has 0 aliphatic carbocycles. The Labute approximate surface area is 103 Å². The van der Waals surface area contributed by atoms with Crippen LogP contribution in [0.4, 0.5) is 0 Å². The first-order valence-electron chi connectivity index (χ1n) is 5.69. The fourth-order valence-corrected chi connectivity index (χ4v) is 1.68. The normalized spacial score (nSPS) is 11.9. The summed E-state index contributed by atoms with van der Waals surface area (Å²) in [4.78, 5) is 24.0. The van der Waals surface area contributed by atoms with Gasteiger partial charge in [0, 0.05) is 20.0 Å². The molecule has 0 rings (SSSR count). The van der Waals surface area contributed by atoms with Crippen LogP contribution >= 0.6 is 0 Å². The Kier molecular flexibility index (Phi) is 7.97. The van der Waals surface area contributed by atoms with Crippen LogP contribution < -0.4 is 5.32 Å². The van der Waals surface area contributed by atoms with Crippen LogP contribution in [-0.2, 0) is 9.59 Å². The van der Waals surface area contributed by atoms with E-state index in [2.05, 4.69) is 18.5 Å². The molecule has 0 fully saturated rings. The molecular formula is C13H22N2O2. The number of carbonyl (C=O) groups is 2. The average molecular weight is 238 g/mol. The minimum atomic E-state index is -0.285. The summed E-state index contributed by atoms with van der Waals surface area (Å²) in [5, 5.41) is 2.61. The van der Waals surface area contributed by atoms with E-state index in [1.165, 1.54) is 0 Å². The molecule has 1 N–H and O–H groups in total. The predicted molar refractivity (Wildman–Crippen MR) is 69.7 cm³/mol. The molecule has 1 atom stereocenters. The highest BCUT2D eigenvalue weighted by molar-refractivity contribution is 5.81. The summed E-state index contributed by atoms with van der Waals surface area (Å²) in [7, 11) is 3.46. The van der Waals surface area contributed by atoms with Crippen molar-refractivity contribution in [1.29, 1.82) is 0 Å². The number of allylic oxidation sites excluding steroid dienone is 1. The third kappa shape index (κ3) is 6.02. The highest BCUT2D eigenvalue weighted by atomic mass is 16.2. The van der Waals surface area contributed by atoms with E-state index in [-0.39, 0.29) is 11.9 Å². The Morgan fingerprint density at radius 3 is 2.65 bits per heavy atom. The Balaban J connectivity index is 4.44. The second-order valence-corrected chi connectivity index (χ2v) is 4.03. The van der Waals surface area contributed by atoms with Gasteiger partial charge in [0.2, 0.25) is 5.91 Å². The number of nitrogens with zero attached hydrogens (tertiary/aromatic N) is 1. The standard InChI is InChI=1S/C13H22N2O2/c1-5-7-11(2)10-15(4)12(8-6-9-16)13(17)14-3/h5,9,12H,1-2,6-8,10H2,3-4H3,(H,14,17). The molecule has 0 aliphatic rings. The lowest BCUT2D eigenvalue weighted by Crippen LogP contribution is -2.44. The monoisotopic (exact) mass is 238 g/mol. The zero-order valence-electron chi connectivity index (χ0n) is 10.7. The molecule has 0 bridgehead atoms. The van der Waals surface area contributed by atoms with Gasteiger partial charge in [-0.1, -0.05) is 18.2 Å². The zero-order valence-corrected chi connectivity index (χ0v) is 10.7. The lowest BCUT2D eigenvalue weighted by molar-refractivity contribution is -0.125. The molecule has 0 saturated heterocycles. The summed E-state index contributed by atoms with van der Waals surface area (Å²) in [5.41, 5.74) is 1.00. The van der Waals surface area contributed by atoms with Crippen molar-refractivity contribution in [2.75, 3.05) is 20.6 Å². The third-order valence-corrected chi connectivity index (χ3v) is 2.55. The SMILES string of the molecule is C=CCC(=C)CN(C)C(CCC=O)C(=O)NC. The van der Waals surface area contributed by atoms with Gasteiger partial charge in [0.05, 0.1) is 6.04 Å². The zero-order chi connectivity index (χ0) is 13.3. The number of hydrogen-bond acceptors (Lipinski definition) is 3. The summed E-state index contributed by atoms with van der Waals surface area (Å²) >= 11 is 0. The van der Waals surface area contributed by atoms with E-state index in [0.717, 1.165) is 18.3 Å². The molecule has 4 heteroatoms. The van der Waals surface area contributed by atoms with Crippen molar-refractivity contribution >= 4 is 12.2 Å². The van der Waals surface area contributed by atoms with Gasteiger partial charge in [0.25, 0.3) is 0 Å². The lowest BCUT2D eigenvalue weighted by Gasteiger charge is -2.26. The molecule has 0 aromatic heterocycles. The van der Waals surface area contributed by atoms with Crippen molar-refractivity contribution in [2.24, 2.45) is 0 Å². The molecule has 0 saturated carbocycles. The van der Waals surface area contributed by atoms with E-state index in [4.69, 9.17) is 0 Å². The topological polar surface area (TPSA) is 49.4 Å². The summed E-state index contributed by atoms with van der Waals surface area (Å²) in [6.45, 7) is 8.19. The van der Waals surface area contributed by atoms with Crippen molar-refractivity contribution in [2.45, 2.75) is 25.3 Å². The minimum Gasteiger partial charge on any atom is -0.358 e. The molecule has 0 heterocycles. The summed E-state index contributed by atoms with van der Waals surface area (Å²) in [6, 6.07) is -0.285. The van der Waals surface area contributed by atoms with Crippen molar-refractivity contribution in [1.82, 2.24) is 10.2 Å². The Bertz CT molecular complexity index is 287. The molecule has 17 heavy (non-hydrogen) atoms. The van der Waals surface area contributed by atoms with Crippen molar-refractivity contribution < 1.29 is 9.59 Å². The molecule has 4 nitrogen and oxygen atoms in total. The van der Waals surface area contributed by atoms with Gasteiger partial charge < -0.3 is 10.1 Å².